The van der Waals surface area contributed by atoms with Crippen LogP contribution in [0.2, 0.25) is 0 Å². The van der Waals surface area contributed by atoms with E-state index in [0.29, 0.717) is 32.5 Å². The highest BCUT2D eigenvalue weighted by atomic mass is 32.1. The molecule has 176 valence electrons. The molecule has 0 saturated carbocycles. The first-order valence-electron chi connectivity index (χ1n) is 11.0. The summed E-state index contributed by atoms with van der Waals surface area (Å²) in [7, 11) is 3.49. The van der Waals surface area contributed by atoms with Gasteiger partial charge in [0, 0.05) is 62.5 Å². The number of nitrogens with zero attached hydrogens (tertiary/aromatic N) is 1. The Labute approximate surface area is 191 Å². The number of carboxylic acids is 1. The van der Waals surface area contributed by atoms with Gasteiger partial charge in [0.25, 0.3) is 0 Å². The van der Waals surface area contributed by atoms with Crippen LogP contribution in [0.5, 0.6) is 0 Å². The maximum absolute atomic E-state index is 11.6. The number of hydrogen-bond acceptors (Lipinski definition) is 8. The van der Waals surface area contributed by atoms with Crippen LogP contribution in [0.3, 0.4) is 0 Å². The van der Waals surface area contributed by atoms with Gasteiger partial charge in [-0.25, -0.2) is 0 Å². The molecule has 1 fully saturated rings. The predicted molar refractivity (Wildman–Crippen MR) is 127 cm³/mol. The smallest absolute Gasteiger partial charge is 0.309 e. The normalized spacial score (nSPS) is 25.5. The molecule has 31 heavy (non-hydrogen) atoms. The summed E-state index contributed by atoms with van der Waals surface area (Å²) in [6.45, 7) is 6.98. The molecular weight excluding hydrogens is 414 g/mol. The number of nitrogens with two attached hydrogens (primary N) is 1. The molecule has 0 aromatic heterocycles. The highest BCUT2D eigenvalue weighted by Crippen LogP contribution is 2.35. The van der Waals surface area contributed by atoms with Gasteiger partial charge >= 0.3 is 5.97 Å². The minimum absolute atomic E-state index is 0.0555. The van der Waals surface area contributed by atoms with Crippen LogP contribution in [-0.2, 0) is 9.63 Å². The van der Waals surface area contributed by atoms with E-state index in [4.69, 9.17) is 10.6 Å². The third kappa shape index (κ3) is 6.49. The minimum atomic E-state index is -0.662. The van der Waals surface area contributed by atoms with Crippen LogP contribution in [0.1, 0.15) is 33.1 Å². The Balaban J connectivity index is 1.98. The number of piperidine rings is 1. The van der Waals surface area contributed by atoms with Crippen LogP contribution < -0.4 is 21.8 Å². The summed E-state index contributed by atoms with van der Waals surface area (Å²) in [5.74, 6) is -0.575. The molecule has 1 saturated heterocycles. The van der Waals surface area contributed by atoms with E-state index in [1.807, 2.05) is 33.2 Å². The Hall–Kier alpha value is -1.52. The van der Waals surface area contributed by atoms with Gasteiger partial charge in [-0.3, -0.25) is 9.69 Å². The minimum Gasteiger partial charge on any atom is -0.481 e. The van der Waals surface area contributed by atoms with Crippen molar-refractivity contribution in [2.24, 2.45) is 17.1 Å². The lowest BCUT2D eigenvalue weighted by molar-refractivity contribution is -0.152. The van der Waals surface area contributed by atoms with Crippen molar-refractivity contribution < 1.29 is 14.7 Å². The summed E-state index contributed by atoms with van der Waals surface area (Å²) >= 11 is 4.69. The van der Waals surface area contributed by atoms with Crippen molar-refractivity contribution >= 4 is 18.6 Å². The summed E-state index contributed by atoms with van der Waals surface area (Å²) < 4.78 is 0. The number of nitrogens with one attached hydrogen (secondary N) is 3. The highest BCUT2D eigenvalue weighted by molar-refractivity contribution is 7.81. The van der Waals surface area contributed by atoms with Gasteiger partial charge in [-0.1, -0.05) is 13.0 Å². The Kier molecular flexibility index (Phi) is 9.90. The predicted octanol–water partition coefficient (Wildman–Crippen LogP) is 1.45. The number of aliphatic carboxylic acids is 1. The van der Waals surface area contributed by atoms with E-state index in [1.54, 1.807) is 7.11 Å². The fourth-order valence-electron chi connectivity index (χ4n) is 4.33. The molecule has 0 spiro atoms. The van der Waals surface area contributed by atoms with Gasteiger partial charge in [0.15, 0.2) is 0 Å². The SMILES string of the molecule is CCC1(C(=O)O)CCN(CNC/C(=C\NC)C2=CC(C(C)NOC)C(S)C(N)=C2)CC1. The first-order chi connectivity index (χ1) is 14.8. The summed E-state index contributed by atoms with van der Waals surface area (Å²) in [5, 5.41) is 16.1. The lowest BCUT2D eigenvalue weighted by Gasteiger charge is -2.38. The molecule has 6 N–H and O–H groups in total. The van der Waals surface area contributed by atoms with E-state index in [1.165, 1.54) is 0 Å². The standard InChI is InChI=1S/C22H39N5O3S/c1-5-22(21(28)29)6-8-27(9-7-22)14-25-13-17(12-24-3)16-10-18(15(2)26-30-4)20(31)19(23)11-16/h10-12,15,18,20,24-26,31H,5-9,13-14,23H2,1-4H3,(H,28,29)/b17-12+. The van der Waals surface area contributed by atoms with Crippen LogP contribution in [0, 0.1) is 11.3 Å². The lowest BCUT2D eigenvalue weighted by Crippen LogP contribution is -2.47. The molecule has 2 rings (SSSR count). The average molecular weight is 454 g/mol. The van der Waals surface area contributed by atoms with Crippen LogP contribution in [0.25, 0.3) is 0 Å². The first-order valence-corrected chi connectivity index (χ1v) is 11.5. The van der Waals surface area contributed by atoms with Gasteiger partial charge in [-0.05, 0) is 43.4 Å². The molecule has 0 amide bonds. The van der Waals surface area contributed by atoms with E-state index in [-0.39, 0.29) is 17.2 Å². The van der Waals surface area contributed by atoms with Crippen LogP contribution in [0.15, 0.2) is 35.2 Å². The molecule has 2 aliphatic rings. The Morgan fingerprint density at radius 2 is 2.16 bits per heavy atom. The molecule has 0 aromatic rings. The van der Waals surface area contributed by atoms with Crippen molar-refractivity contribution in [1.29, 1.82) is 0 Å². The lowest BCUT2D eigenvalue weighted by atomic mass is 9.76. The van der Waals surface area contributed by atoms with Gasteiger partial charge in [0.2, 0.25) is 0 Å². The molecule has 1 aliphatic heterocycles. The summed E-state index contributed by atoms with van der Waals surface area (Å²) in [6, 6.07) is 0.0555. The van der Waals surface area contributed by atoms with E-state index < -0.39 is 11.4 Å². The van der Waals surface area contributed by atoms with Crippen molar-refractivity contribution in [3.63, 3.8) is 0 Å². The number of likely N-dealkylation sites (tertiary alicyclic amines) is 1. The number of carboxylic acid groups (broad SMARTS) is 1. The first kappa shape index (κ1) is 25.7. The van der Waals surface area contributed by atoms with E-state index in [0.717, 1.165) is 29.9 Å². The second-order valence-electron chi connectivity index (χ2n) is 8.50. The highest BCUT2D eigenvalue weighted by Gasteiger charge is 2.39. The largest absolute Gasteiger partial charge is 0.481 e. The Morgan fingerprint density at radius 1 is 1.48 bits per heavy atom. The molecule has 9 heteroatoms. The molecule has 0 radical (unpaired) electrons. The maximum atomic E-state index is 11.6. The van der Waals surface area contributed by atoms with Crippen LogP contribution in [0.4, 0.5) is 0 Å². The molecule has 1 heterocycles. The number of hydroxylamine groups is 1. The Morgan fingerprint density at radius 3 is 2.71 bits per heavy atom. The number of allylic oxidation sites excluding steroid dienone is 1. The van der Waals surface area contributed by atoms with E-state index in [9.17, 15) is 9.90 Å². The van der Waals surface area contributed by atoms with E-state index >= 15 is 0 Å². The van der Waals surface area contributed by atoms with Gasteiger partial charge in [-0.2, -0.15) is 18.1 Å². The van der Waals surface area contributed by atoms with Crippen LogP contribution in [-0.4, -0.2) is 67.7 Å². The van der Waals surface area contributed by atoms with Crippen molar-refractivity contribution in [2.45, 2.75) is 44.4 Å². The van der Waals surface area contributed by atoms with Gasteiger partial charge < -0.3 is 26.3 Å². The molecule has 3 unspecified atom stereocenters. The molecule has 3 atom stereocenters. The molecule has 1 aliphatic carbocycles. The topological polar surface area (TPSA) is 112 Å². The zero-order valence-corrected chi connectivity index (χ0v) is 20.0. The summed E-state index contributed by atoms with van der Waals surface area (Å²) in [4.78, 5) is 19.0. The van der Waals surface area contributed by atoms with Crippen LogP contribution >= 0.6 is 12.6 Å². The monoisotopic (exact) mass is 453 g/mol. The van der Waals surface area contributed by atoms with Crippen molar-refractivity contribution in [3.8, 4) is 0 Å². The fraction of sp³-hybridized carbons (Fsp3) is 0.682. The quantitative estimate of drug-likeness (QED) is 0.206. The van der Waals surface area contributed by atoms with Crippen molar-refractivity contribution in [2.75, 3.05) is 40.5 Å². The molecule has 8 nitrogen and oxygen atoms in total. The zero-order chi connectivity index (χ0) is 23.0. The summed E-state index contributed by atoms with van der Waals surface area (Å²) in [6.07, 6.45) is 8.24. The number of carbonyl (C=O) groups is 1. The number of thiol groups is 1. The second kappa shape index (κ2) is 11.9. The molecule has 0 aromatic carbocycles. The maximum Gasteiger partial charge on any atom is 0.309 e. The zero-order valence-electron chi connectivity index (χ0n) is 19.1. The fourth-order valence-corrected chi connectivity index (χ4v) is 4.75. The second-order valence-corrected chi connectivity index (χ2v) is 9.06. The van der Waals surface area contributed by atoms with Gasteiger partial charge in [0.1, 0.15) is 0 Å². The third-order valence-corrected chi connectivity index (χ3v) is 7.21. The average Bonchev–Trinajstić information content (AvgIpc) is 2.75. The van der Waals surface area contributed by atoms with E-state index in [2.05, 4.69) is 39.7 Å². The summed E-state index contributed by atoms with van der Waals surface area (Å²) in [5.41, 5.74) is 11.6. The van der Waals surface area contributed by atoms with Crippen molar-refractivity contribution in [3.05, 3.63) is 35.2 Å². The number of rotatable bonds is 11. The van der Waals surface area contributed by atoms with Gasteiger partial charge in [0.05, 0.1) is 12.5 Å². The molecule has 0 bridgehead atoms. The Bertz CT molecular complexity index is 701. The molecular formula is C22H39N5O3S. The van der Waals surface area contributed by atoms with Crippen molar-refractivity contribution in [1.82, 2.24) is 21.0 Å². The third-order valence-electron chi connectivity index (χ3n) is 6.57. The number of hydrogen-bond donors (Lipinski definition) is 6. The van der Waals surface area contributed by atoms with Gasteiger partial charge in [-0.15, -0.1) is 0 Å².